The average molecular weight is 641 g/mol. The smallest absolute Gasteiger partial charge is 0.0540 e. The molecular formula is C48H36N2. The zero-order chi connectivity index (χ0) is 33.5. The van der Waals surface area contributed by atoms with E-state index in [1.165, 1.54) is 21.9 Å². The van der Waals surface area contributed by atoms with Crippen molar-refractivity contribution in [2.75, 3.05) is 9.80 Å². The molecule has 50 heavy (non-hydrogen) atoms. The molecule has 0 aliphatic heterocycles. The number of hydrogen-bond acceptors (Lipinski definition) is 2. The molecule has 8 aromatic rings. The molecule has 0 saturated carbocycles. The molecule has 238 valence electrons. The lowest BCUT2D eigenvalue weighted by Gasteiger charge is -2.27. The second-order valence-electron chi connectivity index (χ2n) is 12.3. The van der Waals surface area contributed by atoms with Gasteiger partial charge in [0.1, 0.15) is 0 Å². The van der Waals surface area contributed by atoms with Crippen LogP contribution in [0.25, 0.3) is 34.1 Å². The first-order valence-corrected chi connectivity index (χ1v) is 17.0. The minimum absolute atomic E-state index is 1.12. The minimum atomic E-state index is 1.12. The first kappa shape index (κ1) is 30.7. The maximum Gasteiger partial charge on any atom is 0.0540 e. The maximum absolute atomic E-state index is 2.34. The molecule has 8 aromatic carbocycles. The monoisotopic (exact) mass is 640 g/mol. The van der Waals surface area contributed by atoms with Crippen molar-refractivity contribution < 1.29 is 0 Å². The Labute approximate surface area is 294 Å². The van der Waals surface area contributed by atoms with E-state index in [1.807, 2.05) is 0 Å². The Kier molecular flexibility index (Phi) is 8.73. The van der Waals surface area contributed by atoms with Gasteiger partial charge in [-0.15, -0.1) is 0 Å². The van der Waals surface area contributed by atoms with E-state index >= 15 is 0 Å². The molecule has 0 atom stereocenters. The Morgan fingerprint density at radius 3 is 1.22 bits per heavy atom. The molecule has 0 unspecified atom stereocenters. The van der Waals surface area contributed by atoms with Gasteiger partial charge < -0.3 is 9.80 Å². The highest BCUT2D eigenvalue weighted by Gasteiger charge is 2.15. The van der Waals surface area contributed by atoms with Crippen molar-refractivity contribution >= 4 is 57.0 Å². The van der Waals surface area contributed by atoms with E-state index in [2.05, 4.69) is 228 Å². The van der Waals surface area contributed by atoms with Crippen LogP contribution in [-0.4, -0.2) is 0 Å². The third-order valence-corrected chi connectivity index (χ3v) is 9.04. The normalized spacial score (nSPS) is 11.1. The highest BCUT2D eigenvalue weighted by molar-refractivity contribution is 5.99. The number of nitrogens with zero attached hydrogens (tertiary/aromatic N) is 2. The summed E-state index contributed by atoms with van der Waals surface area (Å²) in [4.78, 5) is 4.62. The standard InChI is InChI=1S/C48H36N2/c1-4-15-42(16-5-1)49(43-17-6-2-7-18-43)45-33-27-38(28-34-45)24-23-37-25-29-39(30-26-37)40-31-35-46(36-32-40)50(44-19-8-3-9-20-44)48-22-12-14-41-13-10-11-21-47(41)48/h1-36H/b24-23+. The number of para-hydroxylation sites is 3. The van der Waals surface area contributed by atoms with Crippen LogP contribution in [0.3, 0.4) is 0 Å². The van der Waals surface area contributed by atoms with Crippen LogP contribution in [0, 0.1) is 0 Å². The fraction of sp³-hybridized carbons (Fsp3) is 0. The van der Waals surface area contributed by atoms with Gasteiger partial charge in [-0.2, -0.15) is 0 Å². The van der Waals surface area contributed by atoms with E-state index in [0.717, 1.165) is 45.3 Å². The molecule has 0 spiro atoms. The third kappa shape index (κ3) is 6.56. The molecule has 0 radical (unpaired) electrons. The van der Waals surface area contributed by atoms with Gasteiger partial charge in [-0.05, 0) is 94.4 Å². The maximum atomic E-state index is 2.34. The molecule has 0 saturated heterocycles. The van der Waals surface area contributed by atoms with E-state index in [4.69, 9.17) is 0 Å². The summed E-state index contributed by atoms with van der Waals surface area (Å²) < 4.78 is 0. The van der Waals surface area contributed by atoms with Crippen LogP contribution in [0.1, 0.15) is 11.1 Å². The first-order valence-electron chi connectivity index (χ1n) is 17.0. The van der Waals surface area contributed by atoms with Crippen LogP contribution in [0.15, 0.2) is 206 Å². The molecule has 0 bridgehead atoms. The summed E-state index contributed by atoms with van der Waals surface area (Å²) in [5.74, 6) is 0. The molecule has 0 aromatic heterocycles. The van der Waals surface area contributed by atoms with Crippen molar-refractivity contribution in [1.29, 1.82) is 0 Å². The van der Waals surface area contributed by atoms with Crippen molar-refractivity contribution in [3.8, 4) is 11.1 Å². The number of fused-ring (bicyclic) bond motifs is 1. The van der Waals surface area contributed by atoms with E-state index in [9.17, 15) is 0 Å². The quantitative estimate of drug-likeness (QED) is 0.145. The minimum Gasteiger partial charge on any atom is -0.311 e. The van der Waals surface area contributed by atoms with Crippen LogP contribution in [0.2, 0.25) is 0 Å². The van der Waals surface area contributed by atoms with Crippen molar-refractivity contribution in [1.82, 2.24) is 0 Å². The van der Waals surface area contributed by atoms with Crippen molar-refractivity contribution in [3.63, 3.8) is 0 Å². The number of benzene rings is 8. The number of anilines is 6. The van der Waals surface area contributed by atoms with E-state index < -0.39 is 0 Å². The average Bonchev–Trinajstić information content (AvgIpc) is 3.20. The SMILES string of the molecule is C(=C\c1ccc(N(c2ccccc2)c2ccccc2)cc1)/c1ccc(-c2ccc(N(c3ccccc3)c3cccc4ccccc34)cc2)cc1. The summed E-state index contributed by atoms with van der Waals surface area (Å²) in [6.07, 6.45) is 4.35. The lowest BCUT2D eigenvalue weighted by atomic mass is 10.0. The Balaban J connectivity index is 1.00. The van der Waals surface area contributed by atoms with Gasteiger partial charge >= 0.3 is 0 Å². The zero-order valence-electron chi connectivity index (χ0n) is 27.7. The third-order valence-electron chi connectivity index (χ3n) is 9.04. The van der Waals surface area contributed by atoms with Gasteiger partial charge in [0.2, 0.25) is 0 Å². The van der Waals surface area contributed by atoms with Gasteiger partial charge in [0.05, 0.1) is 5.69 Å². The van der Waals surface area contributed by atoms with Gasteiger partial charge in [-0.1, -0.05) is 152 Å². The highest BCUT2D eigenvalue weighted by Crippen LogP contribution is 2.39. The fourth-order valence-corrected chi connectivity index (χ4v) is 6.53. The lowest BCUT2D eigenvalue weighted by molar-refractivity contribution is 1.28. The van der Waals surface area contributed by atoms with Crippen LogP contribution in [-0.2, 0) is 0 Å². The van der Waals surface area contributed by atoms with Crippen molar-refractivity contribution in [2.45, 2.75) is 0 Å². The Bertz CT molecular complexity index is 2280. The largest absolute Gasteiger partial charge is 0.311 e. The molecule has 0 aliphatic carbocycles. The number of rotatable bonds is 9. The summed E-state index contributed by atoms with van der Waals surface area (Å²) in [6, 6.07) is 73.1. The predicted octanol–water partition coefficient (Wildman–Crippen LogP) is 13.6. The topological polar surface area (TPSA) is 6.48 Å². The second kappa shape index (κ2) is 14.2. The van der Waals surface area contributed by atoms with Gasteiger partial charge in [-0.3, -0.25) is 0 Å². The van der Waals surface area contributed by atoms with Gasteiger partial charge in [0.25, 0.3) is 0 Å². The molecule has 0 amide bonds. The molecule has 0 N–H and O–H groups in total. The first-order chi connectivity index (χ1) is 24.8. The van der Waals surface area contributed by atoms with E-state index in [1.54, 1.807) is 0 Å². The van der Waals surface area contributed by atoms with E-state index in [0.29, 0.717) is 0 Å². The molecule has 8 rings (SSSR count). The summed E-state index contributed by atoms with van der Waals surface area (Å²) in [5, 5.41) is 2.45. The second-order valence-corrected chi connectivity index (χ2v) is 12.3. The van der Waals surface area contributed by atoms with Crippen LogP contribution >= 0.6 is 0 Å². The fourth-order valence-electron chi connectivity index (χ4n) is 6.53. The summed E-state index contributed by atoms with van der Waals surface area (Å²) in [5.41, 5.74) is 11.5. The Morgan fingerprint density at radius 1 is 0.280 bits per heavy atom. The molecule has 0 fully saturated rings. The van der Waals surface area contributed by atoms with Crippen molar-refractivity contribution in [2.24, 2.45) is 0 Å². The zero-order valence-corrected chi connectivity index (χ0v) is 27.7. The molecule has 0 heterocycles. The summed E-state index contributed by atoms with van der Waals surface area (Å²) >= 11 is 0. The Hall–Kier alpha value is -6.64. The van der Waals surface area contributed by atoms with Gasteiger partial charge in [0.15, 0.2) is 0 Å². The summed E-state index contributed by atoms with van der Waals surface area (Å²) in [7, 11) is 0. The summed E-state index contributed by atoms with van der Waals surface area (Å²) in [6.45, 7) is 0. The Morgan fingerprint density at radius 2 is 0.660 bits per heavy atom. The molecular weight excluding hydrogens is 605 g/mol. The van der Waals surface area contributed by atoms with Crippen LogP contribution in [0.4, 0.5) is 34.1 Å². The molecule has 0 aliphatic rings. The van der Waals surface area contributed by atoms with Crippen LogP contribution < -0.4 is 9.80 Å². The molecule has 2 heteroatoms. The van der Waals surface area contributed by atoms with Gasteiger partial charge in [-0.25, -0.2) is 0 Å². The van der Waals surface area contributed by atoms with Crippen molar-refractivity contribution in [3.05, 3.63) is 217 Å². The highest BCUT2D eigenvalue weighted by atomic mass is 15.1. The lowest BCUT2D eigenvalue weighted by Crippen LogP contribution is -2.10. The van der Waals surface area contributed by atoms with E-state index in [-0.39, 0.29) is 0 Å². The number of hydrogen-bond donors (Lipinski definition) is 0. The molecule has 2 nitrogen and oxygen atoms in total. The van der Waals surface area contributed by atoms with Crippen LogP contribution in [0.5, 0.6) is 0 Å². The van der Waals surface area contributed by atoms with Gasteiger partial charge in [0, 0.05) is 33.8 Å². The predicted molar refractivity (Wildman–Crippen MR) is 214 cm³/mol.